The molecule has 0 saturated carbocycles. The van der Waals surface area contributed by atoms with Crippen molar-refractivity contribution < 1.29 is 14.0 Å². The first-order valence-corrected chi connectivity index (χ1v) is 11.9. The summed E-state index contributed by atoms with van der Waals surface area (Å²) in [5, 5.41) is 12.0. The summed E-state index contributed by atoms with van der Waals surface area (Å²) >= 11 is 1.29. The number of halogens is 1. The van der Waals surface area contributed by atoms with Crippen LogP contribution in [0.2, 0.25) is 0 Å². The summed E-state index contributed by atoms with van der Waals surface area (Å²) in [7, 11) is 0. The van der Waals surface area contributed by atoms with Crippen LogP contribution in [0.4, 0.5) is 4.39 Å². The number of aromatic nitrogens is 3. The second kappa shape index (κ2) is 10.6. The van der Waals surface area contributed by atoms with Crippen molar-refractivity contribution in [3.05, 3.63) is 66.0 Å². The van der Waals surface area contributed by atoms with Crippen LogP contribution in [0, 0.1) is 5.82 Å². The van der Waals surface area contributed by atoms with Gasteiger partial charge >= 0.3 is 0 Å². The van der Waals surface area contributed by atoms with Gasteiger partial charge in [-0.2, -0.15) is 0 Å². The largest absolute Gasteiger partial charge is 0.352 e. The Kier molecular flexibility index (Phi) is 7.39. The predicted octanol–water partition coefficient (Wildman–Crippen LogP) is 3.35. The number of carbonyl (C=O) groups is 2. The number of amides is 2. The molecule has 0 radical (unpaired) electrons. The van der Waals surface area contributed by atoms with Crippen LogP contribution in [-0.2, 0) is 16.1 Å². The van der Waals surface area contributed by atoms with E-state index in [0.717, 1.165) is 18.4 Å². The molecule has 172 valence electrons. The lowest BCUT2D eigenvalue weighted by Crippen LogP contribution is -2.49. The van der Waals surface area contributed by atoms with Crippen molar-refractivity contribution in [1.82, 2.24) is 25.0 Å². The van der Waals surface area contributed by atoms with Gasteiger partial charge in [0.1, 0.15) is 5.82 Å². The van der Waals surface area contributed by atoms with Crippen LogP contribution in [0.5, 0.6) is 0 Å². The van der Waals surface area contributed by atoms with Crippen LogP contribution >= 0.6 is 11.8 Å². The highest BCUT2D eigenvalue weighted by molar-refractivity contribution is 7.99. The van der Waals surface area contributed by atoms with E-state index < -0.39 is 0 Å². The molecule has 1 aliphatic heterocycles. The molecular weight excluding hydrogens is 441 g/mol. The number of hydrogen-bond acceptors (Lipinski definition) is 5. The molecule has 2 amide bonds. The van der Waals surface area contributed by atoms with E-state index in [2.05, 4.69) is 15.5 Å². The third-order valence-corrected chi connectivity index (χ3v) is 6.47. The summed E-state index contributed by atoms with van der Waals surface area (Å²) in [4.78, 5) is 26.0. The topological polar surface area (TPSA) is 80.1 Å². The van der Waals surface area contributed by atoms with Crippen molar-refractivity contribution in [1.29, 1.82) is 0 Å². The molecule has 0 aliphatic carbocycles. The fraction of sp³-hybridized carbons (Fsp3) is 0.333. The predicted molar refractivity (Wildman–Crippen MR) is 125 cm³/mol. The van der Waals surface area contributed by atoms with E-state index in [1.54, 1.807) is 23.1 Å². The number of nitrogens with zero attached hydrogens (tertiary/aromatic N) is 4. The first-order chi connectivity index (χ1) is 16.0. The lowest BCUT2D eigenvalue weighted by atomic mass is 10.1. The average Bonchev–Trinajstić information content (AvgIpc) is 3.20. The van der Waals surface area contributed by atoms with Gasteiger partial charge in [0.25, 0.3) is 0 Å². The Bertz CT molecular complexity index is 1120. The highest BCUT2D eigenvalue weighted by Crippen LogP contribution is 2.27. The van der Waals surface area contributed by atoms with E-state index in [0.29, 0.717) is 36.2 Å². The quantitative estimate of drug-likeness (QED) is 0.539. The van der Waals surface area contributed by atoms with Crippen LogP contribution in [0.1, 0.15) is 25.3 Å². The minimum atomic E-state index is -0.371. The molecule has 33 heavy (non-hydrogen) atoms. The molecule has 0 bridgehead atoms. The number of carbonyl (C=O) groups excluding carboxylic acids is 2. The highest BCUT2D eigenvalue weighted by Gasteiger charge is 2.25. The van der Waals surface area contributed by atoms with Crippen molar-refractivity contribution in [2.24, 2.45) is 0 Å². The maximum absolute atomic E-state index is 14.5. The van der Waals surface area contributed by atoms with Crippen LogP contribution in [0.25, 0.3) is 11.4 Å². The molecule has 1 aliphatic rings. The van der Waals surface area contributed by atoms with Gasteiger partial charge in [0.05, 0.1) is 17.9 Å². The van der Waals surface area contributed by atoms with E-state index in [1.807, 2.05) is 34.9 Å². The zero-order valence-corrected chi connectivity index (χ0v) is 19.2. The van der Waals surface area contributed by atoms with E-state index >= 15 is 0 Å². The number of piperidine rings is 1. The standard InChI is InChI=1S/C24H26FN5O2S/c1-17(31)26-19-10-7-13-29(15-19)22(32)16-33-24-28-27-23(20-11-5-6-12-21(20)25)30(24)14-18-8-3-2-4-9-18/h2-6,8-9,11-12,19H,7,10,13-16H2,1H3,(H,26,31). The van der Waals surface area contributed by atoms with Crippen LogP contribution in [0.15, 0.2) is 59.8 Å². The van der Waals surface area contributed by atoms with Gasteiger partial charge in [0, 0.05) is 26.1 Å². The summed E-state index contributed by atoms with van der Waals surface area (Å²) in [6.07, 6.45) is 1.72. The summed E-state index contributed by atoms with van der Waals surface area (Å²) in [6, 6.07) is 16.3. The van der Waals surface area contributed by atoms with E-state index in [1.165, 1.54) is 24.8 Å². The molecule has 0 spiro atoms. The molecule has 7 nitrogen and oxygen atoms in total. The number of nitrogens with one attached hydrogen (secondary N) is 1. The van der Waals surface area contributed by atoms with Gasteiger partial charge in [0.15, 0.2) is 11.0 Å². The first-order valence-electron chi connectivity index (χ1n) is 10.9. The Morgan fingerprint density at radius 2 is 1.88 bits per heavy atom. The van der Waals surface area contributed by atoms with Crippen molar-refractivity contribution in [2.45, 2.75) is 37.5 Å². The smallest absolute Gasteiger partial charge is 0.233 e. The number of rotatable bonds is 7. The number of likely N-dealkylation sites (tertiary alicyclic amines) is 1. The van der Waals surface area contributed by atoms with Gasteiger partial charge in [0.2, 0.25) is 11.8 Å². The third kappa shape index (κ3) is 5.78. The normalized spacial score (nSPS) is 15.9. The number of benzene rings is 2. The number of thioether (sulfide) groups is 1. The highest BCUT2D eigenvalue weighted by atomic mass is 32.2. The van der Waals surface area contributed by atoms with Gasteiger partial charge in [-0.3, -0.25) is 14.2 Å². The average molecular weight is 468 g/mol. The Labute approximate surface area is 196 Å². The Balaban J connectivity index is 1.52. The fourth-order valence-corrected chi connectivity index (χ4v) is 4.81. The Morgan fingerprint density at radius 1 is 1.12 bits per heavy atom. The van der Waals surface area contributed by atoms with Crippen molar-refractivity contribution >= 4 is 23.6 Å². The Morgan fingerprint density at radius 3 is 2.64 bits per heavy atom. The van der Waals surface area contributed by atoms with E-state index in [9.17, 15) is 14.0 Å². The zero-order chi connectivity index (χ0) is 23.2. The second-order valence-electron chi connectivity index (χ2n) is 8.03. The molecule has 1 unspecified atom stereocenters. The van der Waals surface area contributed by atoms with Gasteiger partial charge in [-0.05, 0) is 30.5 Å². The zero-order valence-electron chi connectivity index (χ0n) is 18.4. The summed E-state index contributed by atoms with van der Waals surface area (Å²) in [5.41, 5.74) is 1.39. The minimum absolute atomic E-state index is 0.0143. The Hall–Kier alpha value is -3.20. The monoisotopic (exact) mass is 467 g/mol. The molecule has 2 aromatic carbocycles. The summed E-state index contributed by atoms with van der Waals surface area (Å²) < 4.78 is 16.4. The fourth-order valence-electron chi connectivity index (χ4n) is 3.97. The van der Waals surface area contributed by atoms with Gasteiger partial charge < -0.3 is 10.2 Å². The molecule has 4 rings (SSSR count). The molecule has 1 fully saturated rings. The van der Waals surface area contributed by atoms with Crippen molar-refractivity contribution in [3.63, 3.8) is 0 Å². The molecule has 1 atom stereocenters. The molecule has 3 aromatic rings. The first kappa shape index (κ1) is 23.0. The lowest BCUT2D eigenvalue weighted by molar-refractivity contribution is -0.130. The van der Waals surface area contributed by atoms with Gasteiger partial charge in [-0.1, -0.05) is 54.2 Å². The molecule has 1 N–H and O–H groups in total. The summed E-state index contributed by atoms with van der Waals surface area (Å²) in [6.45, 7) is 3.13. The molecule has 9 heteroatoms. The van der Waals surface area contributed by atoms with E-state index in [4.69, 9.17) is 0 Å². The SMILES string of the molecule is CC(=O)NC1CCCN(C(=O)CSc2nnc(-c3ccccc3F)n2Cc2ccccc2)C1. The van der Waals surface area contributed by atoms with Crippen LogP contribution in [0.3, 0.4) is 0 Å². The third-order valence-electron chi connectivity index (χ3n) is 5.52. The second-order valence-corrected chi connectivity index (χ2v) is 8.97. The van der Waals surface area contributed by atoms with Gasteiger partial charge in [-0.15, -0.1) is 10.2 Å². The number of hydrogen-bond donors (Lipinski definition) is 1. The molecular formula is C24H26FN5O2S. The lowest BCUT2D eigenvalue weighted by Gasteiger charge is -2.33. The van der Waals surface area contributed by atoms with Crippen LogP contribution in [-0.4, -0.2) is 56.4 Å². The van der Waals surface area contributed by atoms with Crippen molar-refractivity contribution in [2.75, 3.05) is 18.8 Å². The summed E-state index contributed by atoms with van der Waals surface area (Å²) in [5.74, 6) is 0.145. The maximum Gasteiger partial charge on any atom is 0.233 e. The molecule has 1 aromatic heterocycles. The van der Waals surface area contributed by atoms with Crippen LogP contribution < -0.4 is 5.32 Å². The maximum atomic E-state index is 14.5. The van der Waals surface area contributed by atoms with Gasteiger partial charge in [-0.25, -0.2) is 4.39 Å². The minimum Gasteiger partial charge on any atom is -0.352 e. The molecule has 2 heterocycles. The van der Waals surface area contributed by atoms with Crippen molar-refractivity contribution in [3.8, 4) is 11.4 Å². The van der Waals surface area contributed by atoms with E-state index in [-0.39, 0.29) is 29.4 Å². The molecule has 1 saturated heterocycles.